The second kappa shape index (κ2) is 7.98. The number of carbonyl (C=O) groups is 1. The van der Waals surface area contributed by atoms with Crippen molar-refractivity contribution >= 4 is 23.2 Å². The summed E-state index contributed by atoms with van der Waals surface area (Å²) in [5, 5.41) is 4.54. The zero-order valence-electron chi connectivity index (χ0n) is 14.9. The van der Waals surface area contributed by atoms with Crippen molar-refractivity contribution in [2.75, 3.05) is 18.6 Å². The standard InChI is InChI=1S/C21H17ClN2O3/c1-4-13-26-16-11-9-15(10-12-16)24(3)21(25)19-14(2)27-23-20(19)17-7-5-6-8-18(17)22/h1,5-12H,13H2,2-3H3. The number of terminal acetylenes is 1. The molecule has 0 unspecified atom stereocenters. The number of hydrogen-bond acceptors (Lipinski definition) is 4. The first kappa shape index (κ1) is 18.6. The zero-order chi connectivity index (χ0) is 19.4. The molecule has 3 aromatic rings. The van der Waals surface area contributed by atoms with Gasteiger partial charge >= 0.3 is 0 Å². The van der Waals surface area contributed by atoms with Crippen LogP contribution in [0.25, 0.3) is 11.3 Å². The lowest BCUT2D eigenvalue weighted by atomic mass is 10.0. The van der Waals surface area contributed by atoms with E-state index in [0.29, 0.717) is 39.0 Å². The minimum Gasteiger partial charge on any atom is -0.481 e. The Balaban J connectivity index is 1.91. The van der Waals surface area contributed by atoms with Crippen LogP contribution in [0.5, 0.6) is 5.75 Å². The van der Waals surface area contributed by atoms with Crippen LogP contribution in [-0.2, 0) is 0 Å². The van der Waals surface area contributed by atoms with E-state index in [1.165, 1.54) is 4.90 Å². The number of benzene rings is 2. The number of rotatable bonds is 5. The fraction of sp³-hybridized carbons (Fsp3) is 0.143. The summed E-state index contributed by atoms with van der Waals surface area (Å²) in [5.41, 5.74) is 2.13. The molecule has 0 spiro atoms. The number of aryl methyl sites for hydroxylation is 1. The van der Waals surface area contributed by atoms with E-state index in [4.69, 9.17) is 27.3 Å². The smallest absolute Gasteiger partial charge is 0.263 e. The van der Waals surface area contributed by atoms with E-state index in [9.17, 15) is 4.79 Å². The normalized spacial score (nSPS) is 10.3. The van der Waals surface area contributed by atoms with Gasteiger partial charge in [-0.1, -0.05) is 40.9 Å². The number of aromatic nitrogens is 1. The Morgan fingerprint density at radius 1 is 1.26 bits per heavy atom. The van der Waals surface area contributed by atoms with Gasteiger partial charge in [-0.3, -0.25) is 4.79 Å². The van der Waals surface area contributed by atoms with Crippen molar-refractivity contribution in [1.29, 1.82) is 0 Å². The summed E-state index contributed by atoms with van der Waals surface area (Å²) in [6.45, 7) is 1.89. The van der Waals surface area contributed by atoms with Gasteiger partial charge in [-0.2, -0.15) is 0 Å². The summed E-state index contributed by atoms with van der Waals surface area (Å²) < 4.78 is 10.6. The van der Waals surface area contributed by atoms with Crippen LogP contribution in [0.3, 0.4) is 0 Å². The first-order valence-corrected chi connectivity index (χ1v) is 8.56. The van der Waals surface area contributed by atoms with Gasteiger partial charge in [0.05, 0.1) is 5.02 Å². The third-order valence-electron chi connectivity index (χ3n) is 4.06. The predicted octanol–water partition coefficient (Wildman–Crippen LogP) is 4.59. The molecule has 1 heterocycles. The van der Waals surface area contributed by atoms with Crippen LogP contribution in [0.4, 0.5) is 5.69 Å². The van der Waals surface area contributed by atoms with E-state index in [1.807, 2.05) is 12.1 Å². The molecule has 0 radical (unpaired) electrons. The van der Waals surface area contributed by atoms with Crippen molar-refractivity contribution in [2.45, 2.75) is 6.92 Å². The molecule has 0 aliphatic carbocycles. The highest BCUT2D eigenvalue weighted by molar-refractivity contribution is 6.33. The molecule has 1 amide bonds. The zero-order valence-corrected chi connectivity index (χ0v) is 15.7. The molecule has 1 aromatic heterocycles. The summed E-state index contributed by atoms with van der Waals surface area (Å²) in [5.74, 6) is 3.22. The van der Waals surface area contributed by atoms with Gasteiger partial charge < -0.3 is 14.2 Å². The molecule has 2 aromatic carbocycles. The second-order valence-electron chi connectivity index (χ2n) is 5.79. The molecular weight excluding hydrogens is 364 g/mol. The highest BCUT2D eigenvalue weighted by Crippen LogP contribution is 2.32. The Bertz CT molecular complexity index is 1000. The summed E-state index contributed by atoms with van der Waals surface area (Å²) in [4.78, 5) is 14.6. The minimum atomic E-state index is -0.249. The lowest BCUT2D eigenvalue weighted by Crippen LogP contribution is -2.27. The van der Waals surface area contributed by atoms with Gasteiger partial charge in [-0.15, -0.1) is 6.42 Å². The van der Waals surface area contributed by atoms with E-state index in [2.05, 4.69) is 11.1 Å². The molecule has 0 saturated carbocycles. The molecule has 3 rings (SSSR count). The number of ether oxygens (including phenoxy) is 1. The lowest BCUT2D eigenvalue weighted by molar-refractivity contribution is 0.0992. The van der Waals surface area contributed by atoms with Crippen LogP contribution in [-0.4, -0.2) is 24.7 Å². The Kier molecular flexibility index (Phi) is 5.49. The summed E-state index contributed by atoms with van der Waals surface area (Å²) >= 11 is 6.27. The molecule has 0 aliphatic rings. The number of nitrogens with zero attached hydrogens (tertiary/aromatic N) is 2. The van der Waals surface area contributed by atoms with Gasteiger partial charge in [-0.25, -0.2) is 0 Å². The molecule has 0 atom stereocenters. The van der Waals surface area contributed by atoms with Crippen LogP contribution in [0.2, 0.25) is 5.02 Å². The van der Waals surface area contributed by atoms with Gasteiger partial charge in [0.25, 0.3) is 5.91 Å². The fourth-order valence-corrected chi connectivity index (χ4v) is 2.86. The summed E-state index contributed by atoms with van der Waals surface area (Å²) in [7, 11) is 1.68. The van der Waals surface area contributed by atoms with Crippen molar-refractivity contribution in [1.82, 2.24) is 5.16 Å². The van der Waals surface area contributed by atoms with Crippen LogP contribution >= 0.6 is 11.6 Å². The largest absolute Gasteiger partial charge is 0.481 e. The van der Waals surface area contributed by atoms with Crippen molar-refractivity contribution in [3.05, 3.63) is 64.9 Å². The third kappa shape index (κ3) is 3.81. The van der Waals surface area contributed by atoms with Crippen LogP contribution in [0, 0.1) is 19.3 Å². The number of hydrogen-bond donors (Lipinski definition) is 0. The molecule has 5 nitrogen and oxygen atoms in total. The van der Waals surface area contributed by atoms with Gasteiger partial charge in [0, 0.05) is 18.3 Å². The lowest BCUT2D eigenvalue weighted by Gasteiger charge is -2.18. The molecule has 0 bridgehead atoms. The Labute approximate surface area is 162 Å². The van der Waals surface area contributed by atoms with Crippen molar-refractivity contribution in [3.8, 4) is 29.4 Å². The van der Waals surface area contributed by atoms with Crippen LogP contribution in [0.1, 0.15) is 16.1 Å². The molecule has 0 N–H and O–H groups in total. The first-order chi connectivity index (χ1) is 13.0. The van der Waals surface area contributed by atoms with E-state index < -0.39 is 0 Å². The van der Waals surface area contributed by atoms with Crippen LogP contribution in [0.15, 0.2) is 53.1 Å². The van der Waals surface area contributed by atoms with Crippen molar-refractivity contribution in [3.63, 3.8) is 0 Å². The first-order valence-electron chi connectivity index (χ1n) is 8.18. The average molecular weight is 381 g/mol. The SMILES string of the molecule is C#CCOc1ccc(N(C)C(=O)c2c(-c3ccccc3Cl)noc2C)cc1. The monoisotopic (exact) mass is 380 g/mol. The molecule has 0 fully saturated rings. The molecule has 136 valence electrons. The Morgan fingerprint density at radius 2 is 1.96 bits per heavy atom. The molecule has 27 heavy (non-hydrogen) atoms. The van der Waals surface area contributed by atoms with E-state index in [1.54, 1.807) is 50.4 Å². The van der Waals surface area contributed by atoms with E-state index in [-0.39, 0.29) is 12.5 Å². The van der Waals surface area contributed by atoms with Crippen LogP contribution < -0.4 is 9.64 Å². The van der Waals surface area contributed by atoms with Gasteiger partial charge in [-0.05, 0) is 37.3 Å². The van der Waals surface area contributed by atoms with Gasteiger partial charge in [0.1, 0.15) is 29.4 Å². The molecule has 0 saturated heterocycles. The maximum atomic E-state index is 13.1. The maximum absolute atomic E-state index is 13.1. The molecule has 6 heteroatoms. The average Bonchev–Trinajstić information content (AvgIpc) is 3.07. The molecular formula is C21H17ClN2O3. The Morgan fingerprint density at radius 3 is 2.63 bits per heavy atom. The number of anilines is 1. The van der Waals surface area contributed by atoms with E-state index >= 15 is 0 Å². The second-order valence-corrected chi connectivity index (χ2v) is 6.20. The Hall–Kier alpha value is -3.23. The van der Waals surface area contributed by atoms with Gasteiger partial charge in [0.15, 0.2) is 0 Å². The summed E-state index contributed by atoms with van der Waals surface area (Å²) in [6, 6.07) is 14.3. The minimum absolute atomic E-state index is 0.190. The van der Waals surface area contributed by atoms with Crippen molar-refractivity contribution in [2.24, 2.45) is 0 Å². The maximum Gasteiger partial charge on any atom is 0.263 e. The topological polar surface area (TPSA) is 55.6 Å². The highest BCUT2D eigenvalue weighted by Gasteiger charge is 2.26. The predicted molar refractivity (Wildman–Crippen MR) is 105 cm³/mol. The van der Waals surface area contributed by atoms with Crippen molar-refractivity contribution < 1.29 is 14.1 Å². The molecule has 0 aliphatic heterocycles. The van der Waals surface area contributed by atoms with E-state index in [0.717, 1.165) is 0 Å². The third-order valence-corrected chi connectivity index (χ3v) is 4.39. The highest BCUT2D eigenvalue weighted by atomic mass is 35.5. The number of halogens is 1. The summed E-state index contributed by atoms with van der Waals surface area (Å²) in [6.07, 6.45) is 5.18. The fourth-order valence-electron chi connectivity index (χ4n) is 2.64. The number of carbonyl (C=O) groups excluding carboxylic acids is 1. The van der Waals surface area contributed by atoms with Gasteiger partial charge in [0.2, 0.25) is 0 Å². The quantitative estimate of drug-likeness (QED) is 0.607. The number of amides is 1.